The fourth-order valence-electron chi connectivity index (χ4n) is 2.82. The normalized spacial score (nSPS) is 10.3. The van der Waals surface area contributed by atoms with Crippen molar-refractivity contribution in [1.82, 2.24) is 5.43 Å². The summed E-state index contributed by atoms with van der Waals surface area (Å²) >= 11 is 0. The van der Waals surface area contributed by atoms with Crippen molar-refractivity contribution in [3.63, 3.8) is 0 Å². The molecule has 0 aromatic heterocycles. The predicted octanol–water partition coefficient (Wildman–Crippen LogP) is 1.20. The molecule has 156 valence electrons. The molecule has 0 aliphatic heterocycles. The molecule has 0 amide bonds. The molecule has 0 radical (unpaired) electrons. The van der Waals surface area contributed by atoms with Gasteiger partial charge in [0.25, 0.3) is 0 Å². The summed E-state index contributed by atoms with van der Waals surface area (Å²) in [5.74, 6) is -2.86. The van der Waals surface area contributed by atoms with E-state index in [9.17, 15) is 19.8 Å². The standard InChI is InChI=1S/C18H24N6O5/c1-20-14-13(19)15(12(18(28)29)16(17(14)27)23(2)3)24(21-9-11(25)26)22-10-7-5-4-6-8-10/h4-8,20-22,27H,9,19H2,1-3H3,(H,25,26)(H,28,29). The Labute approximate surface area is 167 Å². The van der Waals surface area contributed by atoms with E-state index in [1.54, 1.807) is 44.4 Å². The molecular weight excluding hydrogens is 380 g/mol. The van der Waals surface area contributed by atoms with E-state index in [0.717, 1.165) is 5.12 Å². The minimum atomic E-state index is -1.36. The molecule has 2 aromatic rings. The Morgan fingerprint density at radius 2 is 1.72 bits per heavy atom. The Hall–Kier alpha value is -3.86. The lowest BCUT2D eigenvalue weighted by molar-refractivity contribution is -0.136. The summed E-state index contributed by atoms with van der Waals surface area (Å²) in [6.45, 7) is -0.522. The lowest BCUT2D eigenvalue weighted by Gasteiger charge is -2.32. The second-order valence-electron chi connectivity index (χ2n) is 6.20. The highest BCUT2D eigenvalue weighted by Crippen LogP contribution is 2.48. The summed E-state index contributed by atoms with van der Waals surface area (Å²) in [6.07, 6.45) is 0. The largest absolute Gasteiger partial charge is 0.504 e. The van der Waals surface area contributed by atoms with Crippen molar-refractivity contribution in [2.45, 2.75) is 0 Å². The van der Waals surface area contributed by atoms with Crippen LogP contribution in [0.4, 0.5) is 28.4 Å². The molecule has 0 aliphatic rings. The van der Waals surface area contributed by atoms with E-state index in [1.165, 1.54) is 11.9 Å². The van der Waals surface area contributed by atoms with Crippen LogP contribution in [0.1, 0.15) is 10.4 Å². The monoisotopic (exact) mass is 404 g/mol. The number of nitrogens with zero attached hydrogens (tertiary/aromatic N) is 2. The van der Waals surface area contributed by atoms with E-state index in [1.807, 2.05) is 0 Å². The summed E-state index contributed by atoms with van der Waals surface area (Å²) in [5.41, 5.74) is 11.9. The third kappa shape index (κ3) is 4.52. The molecule has 11 nitrogen and oxygen atoms in total. The summed E-state index contributed by atoms with van der Waals surface area (Å²) in [4.78, 5) is 24.7. The number of nitrogens with two attached hydrogens (primary N) is 1. The summed E-state index contributed by atoms with van der Waals surface area (Å²) in [6, 6.07) is 8.71. The topological polar surface area (TPSA) is 163 Å². The molecule has 0 spiro atoms. The third-order valence-electron chi connectivity index (χ3n) is 4.00. The first-order valence-electron chi connectivity index (χ1n) is 8.52. The van der Waals surface area contributed by atoms with Gasteiger partial charge >= 0.3 is 11.9 Å². The third-order valence-corrected chi connectivity index (χ3v) is 4.00. The van der Waals surface area contributed by atoms with Crippen molar-refractivity contribution >= 4 is 40.4 Å². The number of hydrogen-bond acceptors (Lipinski definition) is 9. The number of phenolic OH excluding ortho intramolecular Hbond substituents is 1. The average molecular weight is 404 g/mol. The van der Waals surface area contributed by atoms with Crippen LogP contribution in [-0.2, 0) is 4.79 Å². The average Bonchev–Trinajstić information content (AvgIpc) is 2.65. The van der Waals surface area contributed by atoms with Gasteiger partial charge in [-0.1, -0.05) is 18.2 Å². The maximum absolute atomic E-state index is 12.1. The Balaban J connectivity index is 2.77. The van der Waals surface area contributed by atoms with E-state index >= 15 is 0 Å². The first-order chi connectivity index (χ1) is 13.7. The number of aliphatic carboxylic acids is 1. The van der Waals surface area contributed by atoms with Crippen LogP contribution < -0.4 is 31.9 Å². The number of para-hydroxylation sites is 1. The molecule has 0 bridgehead atoms. The van der Waals surface area contributed by atoms with Crippen LogP contribution in [-0.4, -0.2) is 54.9 Å². The number of hydrazine groups is 2. The van der Waals surface area contributed by atoms with Gasteiger partial charge in [-0.15, -0.1) is 0 Å². The number of aromatic carboxylic acids is 1. The van der Waals surface area contributed by atoms with Gasteiger partial charge in [0.1, 0.15) is 23.5 Å². The number of rotatable bonds is 9. The maximum atomic E-state index is 12.1. The lowest BCUT2D eigenvalue weighted by atomic mass is 10.0. The quantitative estimate of drug-likeness (QED) is 0.182. The molecule has 8 N–H and O–H groups in total. The minimum absolute atomic E-state index is 0.00281. The molecule has 2 rings (SSSR count). The highest BCUT2D eigenvalue weighted by molar-refractivity contribution is 6.09. The molecule has 0 fully saturated rings. The highest BCUT2D eigenvalue weighted by atomic mass is 16.4. The molecule has 0 saturated heterocycles. The Kier molecular flexibility index (Phi) is 6.57. The van der Waals surface area contributed by atoms with Gasteiger partial charge in [0.2, 0.25) is 0 Å². The number of aromatic hydroxyl groups is 1. The summed E-state index contributed by atoms with van der Waals surface area (Å²) in [5, 5.41) is 33.4. The van der Waals surface area contributed by atoms with Gasteiger partial charge in [-0.05, 0) is 12.1 Å². The maximum Gasteiger partial charge on any atom is 0.340 e. The lowest BCUT2D eigenvalue weighted by Crippen LogP contribution is -2.46. The van der Waals surface area contributed by atoms with Gasteiger partial charge in [0.05, 0.1) is 17.1 Å². The van der Waals surface area contributed by atoms with Crippen LogP contribution in [0.3, 0.4) is 0 Å². The first kappa shape index (κ1) is 21.4. The fraction of sp³-hybridized carbons (Fsp3) is 0.222. The predicted molar refractivity (Wildman–Crippen MR) is 112 cm³/mol. The van der Waals surface area contributed by atoms with Gasteiger partial charge in [0.15, 0.2) is 5.75 Å². The number of hydrogen-bond donors (Lipinski definition) is 7. The van der Waals surface area contributed by atoms with Crippen LogP contribution in [0.15, 0.2) is 30.3 Å². The van der Waals surface area contributed by atoms with Crippen LogP contribution >= 0.6 is 0 Å². The zero-order chi connectivity index (χ0) is 21.7. The van der Waals surface area contributed by atoms with E-state index in [4.69, 9.17) is 10.8 Å². The summed E-state index contributed by atoms with van der Waals surface area (Å²) in [7, 11) is 4.66. The molecule has 0 atom stereocenters. The van der Waals surface area contributed by atoms with Gasteiger partial charge in [0, 0.05) is 21.1 Å². The van der Waals surface area contributed by atoms with Crippen LogP contribution in [0.5, 0.6) is 5.75 Å². The SMILES string of the molecule is CNc1c(N)c(N(NCC(=O)O)Nc2ccccc2)c(C(=O)O)c(N(C)C)c1O. The summed E-state index contributed by atoms with van der Waals surface area (Å²) < 4.78 is 0. The smallest absolute Gasteiger partial charge is 0.340 e. The second-order valence-corrected chi connectivity index (χ2v) is 6.20. The number of anilines is 5. The minimum Gasteiger partial charge on any atom is -0.504 e. The molecule has 29 heavy (non-hydrogen) atoms. The number of nitrogen functional groups attached to an aromatic ring is 1. The Morgan fingerprint density at radius 3 is 2.21 bits per heavy atom. The molecule has 0 heterocycles. The molecule has 11 heteroatoms. The molecule has 0 aliphatic carbocycles. The number of carboxylic acids is 2. The number of carboxylic acid groups (broad SMARTS) is 2. The highest BCUT2D eigenvalue weighted by Gasteiger charge is 2.31. The molecular formula is C18H24N6O5. The molecule has 0 unspecified atom stereocenters. The van der Waals surface area contributed by atoms with E-state index < -0.39 is 18.5 Å². The zero-order valence-corrected chi connectivity index (χ0v) is 16.2. The van der Waals surface area contributed by atoms with Gasteiger partial charge in [-0.3, -0.25) is 10.2 Å². The zero-order valence-electron chi connectivity index (χ0n) is 16.2. The van der Waals surface area contributed by atoms with Crippen LogP contribution in [0.25, 0.3) is 0 Å². The van der Waals surface area contributed by atoms with Crippen molar-refractivity contribution < 1.29 is 24.9 Å². The van der Waals surface area contributed by atoms with Crippen molar-refractivity contribution in [3.8, 4) is 5.75 Å². The number of nitrogens with one attached hydrogen (secondary N) is 3. The van der Waals surface area contributed by atoms with Crippen molar-refractivity contribution in [3.05, 3.63) is 35.9 Å². The fourth-order valence-corrected chi connectivity index (χ4v) is 2.82. The molecule has 2 aromatic carbocycles. The Morgan fingerprint density at radius 1 is 1.10 bits per heavy atom. The van der Waals surface area contributed by atoms with E-state index in [0.29, 0.717) is 5.69 Å². The van der Waals surface area contributed by atoms with Crippen molar-refractivity contribution in [1.29, 1.82) is 0 Å². The molecule has 0 saturated carbocycles. The first-order valence-corrected chi connectivity index (χ1v) is 8.52. The second kappa shape index (κ2) is 8.89. The number of carbonyl (C=O) groups is 2. The van der Waals surface area contributed by atoms with E-state index in [2.05, 4.69) is 16.2 Å². The van der Waals surface area contributed by atoms with Gasteiger partial charge < -0.3 is 31.3 Å². The Bertz CT molecular complexity index is 904. The van der Waals surface area contributed by atoms with Crippen LogP contribution in [0.2, 0.25) is 0 Å². The number of phenols is 1. The van der Waals surface area contributed by atoms with Crippen molar-refractivity contribution in [2.75, 3.05) is 54.2 Å². The van der Waals surface area contributed by atoms with E-state index in [-0.39, 0.29) is 34.1 Å². The van der Waals surface area contributed by atoms with Crippen molar-refractivity contribution in [2.24, 2.45) is 0 Å². The van der Waals surface area contributed by atoms with Gasteiger partial charge in [-0.25, -0.2) is 15.3 Å². The van der Waals surface area contributed by atoms with Crippen LogP contribution in [0, 0.1) is 0 Å². The van der Waals surface area contributed by atoms with Gasteiger partial charge in [-0.2, -0.15) is 0 Å². The number of benzene rings is 2.